The molecule has 48 heavy (non-hydrogen) atoms. The molecule has 2 heterocycles. The molecule has 0 radical (unpaired) electrons. The molecule has 5 aromatic rings. The molecule has 1 amide bonds. The fraction of sp³-hybridized carbons (Fsp3) is 0.286. The van der Waals surface area contributed by atoms with Gasteiger partial charge in [0.2, 0.25) is 5.91 Å². The summed E-state index contributed by atoms with van der Waals surface area (Å²) in [6.45, 7) is 11.2. The van der Waals surface area contributed by atoms with E-state index in [9.17, 15) is 4.79 Å². The van der Waals surface area contributed by atoms with Crippen molar-refractivity contribution in [2.45, 2.75) is 64.8 Å². The Morgan fingerprint density at radius 2 is 1.52 bits per heavy atom. The molecule has 244 valence electrons. The van der Waals surface area contributed by atoms with Crippen molar-refractivity contribution >= 4 is 34.0 Å². The number of carbonyl (C=O) groups excluding carboxylic acids is 2. The second-order valence-electron chi connectivity index (χ2n) is 15.0. The molecule has 1 aliphatic heterocycles. The van der Waals surface area contributed by atoms with Crippen LogP contribution in [0.4, 0.5) is 11.4 Å². The van der Waals surface area contributed by atoms with Crippen molar-refractivity contribution in [1.29, 1.82) is 0 Å². The van der Waals surface area contributed by atoms with Crippen molar-refractivity contribution in [2.24, 2.45) is 5.41 Å². The van der Waals surface area contributed by atoms with Gasteiger partial charge < -0.3 is 19.9 Å². The van der Waals surface area contributed by atoms with E-state index in [1.165, 1.54) is 5.56 Å². The highest BCUT2D eigenvalue weighted by molar-refractivity contribution is 6.21. The number of ketones is 1. The predicted molar refractivity (Wildman–Crippen MR) is 194 cm³/mol. The minimum absolute atomic E-state index is 0.0212. The number of allylic oxidation sites excluding steroid dienone is 1. The first-order valence-corrected chi connectivity index (χ1v) is 16.7. The smallest absolute Gasteiger partial charge is 0.247 e. The third-order valence-electron chi connectivity index (χ3n) is 9.95. The molecule has 0 fully saturated rings. The van der Waals surface area contributed by atoms with Crippen LogP contribution in [0.1, 0.15) is 69.7 Å². The van der Waals surface area contributed by atoms with Gasteiger partial charge >= 0.3 is 0 Å². The lowest BCUT2D eigenvalue weighted by Gasteiger charge is -2.40. The topological polar surface area (TPSA) is 74.4 Å². The van der Waals surface area contributed by atoms with Crippen LogP contribution in [0.25, 0.3) is 10.9 Å². The van der Waals surface area contributed by atoms with E-state index < -0.39 is 5.41 Å². The first-order chi connectivity index (χ1) is 22.9. The number of nitrogens with zero attached hydrogens (tertiary/aromatic N) is 1. The van der Waals surface area contributed by atoms with E-state index in [4.69, 9.17) is 4.74 Å². The number of hydrogen-bond donors (Lipinski definition) is 2. The van der Waals surface area contributed by atoms with Gasteiger partial charge in [-0.2, -0.15) is 0 Å². The number of amides is 1. The van der Waals surface area contributed by atoms with E-state index in [1.54, 1.807) is 7.11 Å². The lowest BCUT2D eigenvalue weighted by atomic mass is 9.62. The molecule has 0 bridgehead atoms. The summed E-state index contributed by atoms with van der Waals surface area (Å²) in [4.78, 5) is 35.7. The van der Waals surface area contributed by atoms with Crippen molar-refractivity contribution < 1.29 is 14.3 Å². The Hall–Kier alpha value is -5.10. The average Bonchev–Trinajstić information content (AvgIpc) is 3.58. The quantitative estimate of drug-likeness (QED) is 0.187. The number of benzene rings is 4. The van der Waals surface area contributed by atoms with Crippen LogP contribution < -0.4 is 15.0 Å². The van der Waals surface area contributed by atoms with Crippen LogP contribution in [0, 0.1) is 5.41 Å². The normalized spacial score (nSPS) is 19.2. The Kier molecular flexibility index (Phi) is 7.58. The van der Waals surface area contributed by atoms with Crippen LogP contribution in [0.15, 0.2) is 115 Å². The Balaban J connectivity index is 1.48. The first-order valence-electron chi connectivity index (χ1n) is 16.7. The summed E-state index contributed by atoms with van der Waals surface area (Å²) in [6, 6.07) is 32.3. The van der Waals surface area contributed by atoms with Gasteiger partial charge in [0.1, 0.15) is 11.2 Å². The second-order valence-corrected chi connectivity index (χ2v) is 15.0. The highest BCUT2D eigenvalue weighted by atomic mass is 16.5. The lowest BCUT2D eigenvalue weighted by Crippen LogP contribution is -2.47. The van der Waals surface area contributed by atoms with Gasteiger partial charge in [-0.1, -0.05) is 95.3 Å². The van der Waals surface area contributed by atoms with Crippen LogP contribution in [-0.2, 0) is 27.0 Å². The molecule has 2 aliphatic rings. The molecule has 7 rings (SSSR count). The van der Waals surface area contributed by atoms with Crippen LogP contribution in [0.5, 0.6) is 5.75 Å². The summed E-state index contributed by atoms with van der Waals surface area (Å²) in [5.74, 6) is 0.605. The van der Waals surface area contributed by atoms with E-state index in [0.29, 0.717) is 25.0 Å². The molecule has 2 N–H and O–H groups in total. The summed E-state index contributed by atoms with van der Waals surface area (Å²) in [6.07, 6.45) is 2.88. The first kappa shape index (κ1) is 31.5. The van der Waals surface area contributed by atoms with Crippen molar-refractivity contribution in [2.75, 3.05) is 17.3 Å². The number of H-pyrrole nitrogens is 1. The molecule has 4 aromatic carbocycles. The molecule has 1 aliphatic carbocycles. The Labute approximate surface area is 282 Å². The average molecular weight is 638 g/mol. The van der Waals surface area contributed by atoms with Gasteiger partial charge in [0.25, 0.3) is 0 Å². The maximum absolute atomic E-state index is 15.6. The van der Waals surface area contributed by atoms with Crippen LogP contribution >= 0.6 is 0 Å². The second kappa shape index (κ2) is 11.6. The Morgan fingerprint density at radius 1 is 0.833 bits per heavy atom. The highest BCUT2D eigenvalue weighted by Gasteiger charge is 2.59. The zero-order chi connectivity index (χ0) is 33.8. The molecule has 0 saturated heterocycles. The summed E-state index contributed by atoms with van der Waals surface area (Å²) in [5.41, 5.74) is 6.09. The van der Waals surface area contributed by atoms with Crippen molar-refractivity contribution in [1.82, 2.24) is 4.98 Å². The highest BCUT2D eigenvalue weighted by Crippen LogP contribution is 2.56. The van der Waals surface area contributed by atoms with Gasteiger partial charge in [0.15, 0.2) is 5.78 Å². The third kappa shape index (κ3) is 5.20. The van der Waals surface area contributed by atoms with Gasteiger partial charge in [-0.25, -0.2) is 0 Å². The molecule has 0 saturated carbocycles. The van der Waals surface area contributed by atoms with Gasteiger partial charge in [-0.15, -0.1) is 0 Å². The molecule has 1 aromatic heterocycles. The van der Waals surface area contributed by atoms with Gasteiger partial charge in [0, 0.05) is 57.3 Å². The van der Waals surface area contributed by atoms with Gasteiger partial charge in [-0.3, -0.25) is 9.59 Å². The molecular formula is C42H43N3O3. The largest absolute Gasteiger partial charge is 0.497 e. The predicted octanol–water partition coefficient (Wildman–Crippen LogP) is 9.06. The number of para-hydroxylation sites is 2. The molecule has 0 spiro atoms. The summed E-state index contributed by atoms with van der Waals surface area (Å²) in [5, 5.41) is 4.56. The Morgan fingerprint density at radius 3 is 2.23 bits per heavy atom. The minimum Gasteiger partial charge on any atom is -0.497 e. The van der Waals surface area contributed by atoms with Gasteiger partial charge in [-0.05, 0) is 64.8 Å². The van der Waals surface area contributed by atoms with E-state index >= 15 is 4.79 Å². The summed E-state index contributed by atoms with van der Waals surface area (Å²) in [7, 11) is 1.64. The number of carbonyl (C=O) groups is 2. The van der Waals surface area contributed by atoms with E-state index in [2.05, 4.69) is 69.2 Å². The number of hydrogen-bond acceptors (Lipinski definition) is 4. The number of ether oxygens (including phenoxy) is 1. The van der Waals surface area contributed by atoms with Crippen molar-refractivity contribution in [3.63, 3.8) is 0 Å². The number of anilines is 2. The van der Waals surface area contributed by atoms with Crippen LogP contribution in [0.2, 0.25) is 0 Å². The monoisotopic (exact) mass is 637 g/mol. The molecule has 6 heteroatoms. The number of nitrogens with one attached hydrogen (secondary N) is 2. The molecule has 0 unspecified atom stereocenters. The number of aromatic nitrogens is 1. The lowest BCUT2D eigenvalue weighted by molar-refractivity contribution is -0.125. The van der Waals surface area contributed by atoms with Crippen LogP contribution in [-0.4, -0.2) is 23.8 Å². The maximum Gasteiger partial charge on any atom is 0.247 e. The number of fused-ring (bicyclic) bond motifs is 2. The fourth-order valence-corrected chi connectivity index (χ4v) is 7.63. The Bertz CT molecular complexity index is 2060. The minimum atomic E-state index is -1.37. The van der Waals surface area contributed by atoms with E-state index in [-0.39, 0.29) is 22.5 Å². The number of methoxy groups -OCH3 is 1. The summed E-state index contributed by atoms with van der Waals surface area (Å²) >= 11 is 0. The van der Waals surface area contributed by atoms with E-state index in [1.807, 2.05) is 83.9 Å². The van der Waals surface area contributed by atoms with E-state index in [0.717, 1.165) is 50.4 Å². The number of aromatic amines is 1. The zero-order valence-corrected chi connectivity index (χ0v) is 28.6. The molecule has 6 nitrogen and oxygen atoms in total. The maximum atomic E-state index is 15.6. The summed E-state index contributed by atoms with van der Waals surface area (Å²) < 4.78 is 5.41. The zero-order valence-electron chi connectivity index (χ0n) is 28.6. The number of rotatable bonds is 7. The molecule has 1 atom stereocenters. The fourth-order valence-electron chi connectivity index (χ4n) is 7.63. The third-order valence-corrected chi connectivity index (χ3v) is 9.95. The van der Waals surface area contributed by atoms with Crippen LogP contribution in [0.3, 0.4) is 0 Å². The number of Topliss-reactive ketones (excluding diaryl/α,β-unsaturated/α-hetero) is 1. The standard InChI is InChI=1S/C42H43N3O3/c1-40(2,3)28-17-15-27(16-18-28)26-45-36-14-10-8-12-32(36)42(39(45)47,33-25-43-34-13-9-7-11-31(33)34)38-35(23-41(4,5)24-37(38)46)44-29-19-21-30(48-6)22-20-29/h7-22,25,43-44H,23-24,26H2,1-6H3/t42-/m1/s1. The molecular weight excluding hydrogens is 594 g/mol. The SMILES string of the molecule is COc1ccc(NC2=C([C@@]3(c4c[nH]c5ccccc45)C(=O)N(Cc4ccc(C(C)(C)C)cc4)c4ccccc43)C(=O)CC(C)(C)C2)cc1. The van der Waals surface area contributed by atoms with Gasteiger partial charge in [0.05, 0.1) is 13.7 Å². The van der Waals surface area contributed by atoms with Crippen molar-refractivity contribution in [3.8, 4) is 5.75 Å². The van der Waals surface area contributed by atoms with Crippen molar-refractivity contribution in [3.05, 3.63) is 137 Å².